The first-order valence-corrected chi connectivity index (χ1v) is 11.0. The predicted molar refractivity (Wildman–Crippen MR) is 125 cm³/mol. The van der Waals surface area contributed by atoms with E-state index < -0.39 is 0 Å². The molecule has 2 atom stereocenters. The second-order valence-corrected chi connectivity index (χ2v) is 8.28. The molecule has 0 aromatic heterocycles. The Balaban J connectivity index is 1.50. The topological polar surface area (TPSA) is 70.2 Å². The highest BCUT2D eigenvalue weighted by molar-refractivity contribution is 6.00. The van der Waals surface area contributed by atoms with E-state index in [1.54, 1.807) is 6.07 Å². The molecule has 3 aromatic rings. The minimum Gasteiger partial charge on any atom is -0.345 e. The second-order valence-electron chi connectivity index (χ2n) is 8.28. The molecule has 1 fully saturated rings. The van der Waals surface area contributed by atoms with Crippen molar-refractivity contribution in [2.24, 2.45) is 0 Å². The van der Waals surface area contributed by atoms with Crippen LogP contribution in [-0.2, 0) is 4.79 Å². The Morgan fingerprint density at radius 1 is 1.03 bits per heavy atom. The van der Waals surface area contributed by atoms with Gasteiger partial charge in [0.25, 0.3) is 5.91 Å². The Morgan fingerprint density at radius 3 is 2.65 bits per heavy atom. The maximum Gasteiger partial charge on any atom is 0.252 e. The van der Waals surface area contributed by atoms with Gasteiger partial charge in [0.2, 0.25) is 5.91 Å². The normalized spacial score (nSPS) is 17.2. The van der Waals surface area contributed by atoms with Crippen LogP contribution in [-0.4, -0.2) is 24.4 Å². The van der Waals surface area contributed by atoms with Crippen LogP contribution in [0, 0.1) is 6.92 Å². The van der Waals surface area contributed by atoms with E-state index in [4.69, 9.17) is 0 Å². The summed E-state index contributed by atoms with van der Waals surface area (Å²) in [6.07, 6.45) is 3.00. The van der Waals surface area contributed by atoms with Gasteiger partial charge in [-0.25, -0.2) is 0 Å². The summed E-state index contributed by atoms with van der Waals surface area (Å²) in [5, 5.41) is 11.6. The first kappa shape index (κ1) is 21.1. The fourth-order valence-electron chi connectivity index (χ4n) is 4.23. The number of anilines is 1. The number of hydrogen-bond acceptors (Lipinski definition) is 3. The van der Waals surface area contributed by atoms with Gasteiger partial charge in [0.15, 0.2) is 0 Å². The van der Waals surface area contributed by atoms with Crippen molar-refractivity contribution in [3.05, 3.63) is 77.4 Å². The maximum absolute atomic E-state index is 13.1. The van der Waals surface area contributed by atoms with Crippen molar-refractivity contribution in [2.45, 2.75) is 45.2 Å². The predicted octanol–water partition coefficient (Wildman–Crippen LogP) is 4.72. The van der Waals surface area contributed by atoms with Crippen molar-refractivity contribution in [3.8, 4) is 0 Å². The summed E-state index contributed by atoms with van der Waals surface area (Å²) < 4.78 is 0. The van der Waals surface area contributed by atoms with Crippen molar-refractivity contribution in [3.63, 3.8) is 0 Å². The van der Waals surface area contributed by atoms with Gasteiger partial charge in [-0.15, -0.1) is 0 Å². The van der Waals surface area contributed by atoms with E-state index in [9.17, 15) is 9.59 Å². The van der Waals surface area contributed by atoms with Crippen LogP contribution < -0.4 is 16.0 Å². The minimum atomic E-state index is -0.168. The van der Waals surface area contributed by atoms with Crippen LogP contribution in [0.5, 0.6) is 0 Å². The van der Waals surface area contributed by atoms with E-state index >= 15 is 0 Å². The quantitative estimate of drug-likeness (QED) is 0.565. The van der Waals surface area contributed by atoms with Gasteiger partial charge in [-0.1, -0.05) is 55.0 Å². The summed E-state index contributed by atoms with van der Waals surface area (Å²) in [6.45, 7) is 4.77. The largest absolute Gasteiger partial charge is 0.345 e. The van der Waals surface area contributed by atoms with Crippen molar-refractivity contribution in [1.29, 1.82) is 0 Å². The molecule has 3 aromatic carbocycles. The van der Waals surface area contributed by atoms with E-state index in [0.717, 1.165) is 47.7 Å². The van der Waals surface area contributed by atoms with Crippen LogP contribution in [0.1, 0.15) is 53.7 Å². The lowest BCUT2D eigenvalue weighted by Crippen LogP contribution is -2.43. The number of carbonyl (C=O) groups excluding carboxylic acids is 2. The summed E-state index contributed by atoms with van der Waals surface area (Å²) in [6, 6.07) is 19.5. The smallest absolute Gasteiger partial charge is 0.252 e. The van der Waals surface area contributed by atoms with E-state index in [0.29, 0.717) is 11.3 Å². The van der Waals surface area contributed by atoms with Gasteiger partial charge in [-0.3, -0.25) is 9.59 Å². The number of carbonyl (C=O) groups is 2. The van der Waals surface area contributed by atoms with Crippen LogP contribution in [0.25, 0.3) is 10.8 Å². The fraction of sp³-hybridized carbons (Fsp3) is 0.308. The highest BCUT2D eigenvalue weighted by atomic mass is 16.2. The molecule has 2 amide bonds. The van der Waals surface area contributed by atoms with Crippen LogP contribution in [0.2, 0.25) is 0 Å². The highest BCUT2D eigenvalue weighted by Crippen LogP contribution is 2.25. The lowest BCUT2D eigenvalue weighted by Gasteiger charge is -2.23. The zero-order valence-electron chi connectivity index (χ0n) is 18.1. The average Bonchev–Trinajstić information content (AvgIpc) is 2.80. The minimum absolute atomic E-state index is 0.0426. The van der Waals surface area contributed by atoms with Gasteiger partial charge in [-0.2, -0.15) is 0 Å². The number of amides is 2. The summed E-state index contributed by atoms with van der Waals surface area (Å²) in [5.41, 5.74) is 3.17. The summed E-state index contributed by atoms with van der Waals surface area (Å²) in [4.78, 5) is 25.6. The Labute approximate surface area is 183 Å². The van der Waals surface area contributed by atoms with Crippen molar-refractivity contribution < 1.29 is 9.59 Å². The van der Waals surface area contributed by atoms with Crippen molar-refractivity contribution in [2.75, 3.05) is 11.9 Å². The zero-order valence-corrected chi connectivity index (χ0v) is 18.1. The molecule has 31 heavy (non-hydrogen) atoms. The third kappa shape index (κ3) is 4.78. The molecule has 1 saturated heterocycles. The highest BCUT2D eigenvalue weighted by Gasteiger charge is 2.21. The van der Waals surface area contributed by atoms with E-state index in [-0.39, 0.29) is 23.9 Å². The maximum atomic E-state index is 13.1. The van der Waals surface area contributed by atoms with Gasteiger partial charge in [-0.05, 0) is 67.3 Å². The summed E-state index contributed by atoms with van der Waals surface area (Å²) in [7, 11) is 0. The number of fused-ring (bicyclic) bond motifs is 1. The number of nitrogens with one attached hydrogen (secondary N) is 3. The molecule has 1 aliphatic heterocycles. The Kier molecular flexibility index (Phi) is 6.33. The van der Waals surface area contributed by atoms with Crippen LogP contribution in [0.15, 0.2) is 60.7 Å². The molecule has 4 rings (SSSR count). The molecule has 5 heteroatoms. The molecule has 3 N–H and O–H groups in total. The lowest BCUT2D eigenvalue weighted by atomic mass is 9.99. The second kappa shape index (κ2) is 9.31. The summed E-state index contributed by atoms with van der Waals surface area (Å²) in [5.74, 6) is -0.191. The first-order valence-electron chi connectivity index (χ1n) is 11.0. The number of benzene rings is 3. The van der Waals surface area contributed by atoms with Gasteiger partial charge in [0.05, 0.1) is 12.1 Å². The Morgan fingerprint density at radius 2 is 1.84 bits per heavy atom. The molecule has 0 radical (unpaired) electrons. The monoisotopic (exact) mass is 415 g/mol. The number of rotatable bonds is 5. The SMILES string of the molecule is Cc1ccc(NC(=O)[C@H]2CCCCN2)cc1C(=O)N[C@H](C)c1cccc2ccccc12. The molecular weight excluding hydrogens is 386 g/mol. The molecule has 160 valence electrons. The van der Waals surface area contributed by atoms with E-state index in [1.165, 1.54) is 0 Å². The molecule has 0 spiro atoms. The van der Waals surface area contributed by atoms with Gasteiger partial charge >= 0.3 is 0 Å². The zero-order chi connectivity index (χ0) is 21.8. The standard InChI is InChI=1S/C26H29N3O2/c1-17-13-14-20(29-26(31)24-12-5-6-15-27-24)16-23(17)25(30)28-18(2)21-11-7-9-19-8-3-4-10-22(19)21/h3-4,7-11,13-14,16,18,24,27H,5-6,12,15H2,1-2H3,(H,28,30)(H,29,31)/t18-,24-/m1/s1. The lowest BCUT2D eigenvalue weighted by molar-refractivity contribution is -0.118. The molecule has 1 aliphatic rings. The van der Waals surface area contributed by atoms with Crippen molar-refractivity contribution in [1.82, 2.24) is 10.6 Å². The average molecular weight is 416 g/mol. The number of hydrogen-bond donors (Lipinski definition) is 3. The summed E-state index contributed by atoms with van der Waals surface area (Å²) >= 11 is 0. The molecule has 0 saturated carbocycles. The number of piperidine rings is 1. The third-order valence-corrected chi connectivity index (χ3v) is 6.01. The van der Waals surface area contributed by atoms with Gasteiger partial charge < -0.3 is 16.0 Å². The third-order valence-electron chi connectivity index (χ3n) is 6.01. The Bertz CT molecular complexity index is 1100. The van der Waals surface area contributed by atoms with Gasteiger partial charge in [0.1, 0.15) is 0 Å². The van der Waals surface area contributed by atoms with Gasteiger partial charge in [0, 0.05) is 11.3 Å². The molecule has 0 unspecified atom stereocenters. The molecular formula is C26H29N3O2. The Hall–Kier alpha value is -3.18. The van der Waals surface area contributed by atoms with E-state index in [2.05, 4.69) is 34.1 Å². The fourth-order valence-corrected chi connectivity index (χ4v) is 4.23. The molecule has 1 heterocycles. The van der Waals surface area contributed by atoms with Crippen LogP contribution >= 0.6 is 0 Å². The molecule has 0 aliphatic carbocycles. The van der Waals surface area contributed by atoms with Crippen LogP contribution in [0.3, 0.4) is 0 Å². The van der Waals surface area contributed by atoms with Crippen LogP contribution in [0.4, 0.5) is 5.69 Å². The van der Waals surface area contributed by atoms with Crippen molar-refractivity contribution >= 4 is 28.3 Å². The van der Waals surface area contributed by atoms with E-state index in [1.807, 2.05) is 50.2 Å². The first-order chi connectivity index (χ1) is 15.0. The molecule has 5 nitrogen and oxygen atoms in total. The number of aryl methyl sites for hydroxylation is 1. The molecule has 0 bridgehead atoms.